The van der Waals surface area contributed by atoms with Crippen molar-refractivity contribution in [3.05, 3.63) is 130 Å². The van der Waals surface area contributed by atoms with Crippen LogP contribution in [-0.4, -0.2) is 31.5 Å². The van der Waals surface area contributed by atoms with Crippen LogP contribution in [0, 0.1) is 10.1 Å². The van der Waals surface area contributed by atoms with Crippen LogP contribution in [0.25, 0.3) is 10.8 Å². The molecule has 0 unspecified atom stereocenters. The van der Waals surface area contributed by atoms with Gasteiger partial charge in [-0.1, -0.05) is 44.2 Å². The van der Waals surface area contributed by atoms with Crippen molar-refractivity contribution in [3.8, 4) is 0 Å². The quantitative estimate of drug-likeness (QED) is 0.168. The number of hydrogen-bond acceptors (Lipinski definition) is 7. The topological polar surface area (TPSA) is 139 Å². The molecular weight excluding hydrogens is 578 g/mol. The van der Waals surface area contributed by atoms with Gasteiger partial charge < -0.3 is 4.90 Å². The molecule has 1 amide bonds. The zero-order chi connectivity index (χ0) is 31.4. The Hall–Kier alpha value is -5.13. The number of likely N-dealkylation sites (N-methyl/N-ethyl adjacent to an activating group) is 1. The normalized spacial score (nSPS) is 17.9. The molecule has 0 aliphatic carbocycles. The number of rotatable bonds is 6. The van der Waals surface area contributed by atoms with E-state index >= 15 is 0 Å². The van der Waals surface area contributed by atoms with Crippen LogP contribution in [0.5, 0.6) is 0 Å². The molecule has 2 N–H and O–H groups in total. The van der Waals surface area contributed by atoms with Crippen LogP contribution in [0.2, 0.25) is 0 Å². The minimum Gasteiger partial charge on any atom is -0.344 e. The molecule has 2 aliphatic rings. The number of amides is 1. The molecule has 0 spiro atoms. The number of hydrazone groups is 1. The van der Waals surface area contributed by atoms with E-state index in [0.717, 1.165) is 16.8 Å². The molecule has 11 heteroatoms. The van der Waals surface area contributed by atoms with Crippen LogP contribution in [-0.2, 0) is 20.2 Å². The SMILES string of the molecule is CCN1/C(=C/C=C2\C(=O)N(c3ccc(S(N)(=O)=O)cc3)N=C2c2ccc([N+](=O)[O-])cc2)C(C)(C)c2c1ccc1ccccc21. The monoisotopic (exact) mass is 607 g/mol. The van der Waals surface area contributed by atoms with Gasteiger partial charge in [0.05, 0.1) is 21.1 Å². The van der Waals surface area contributed by atoms with E-state index in [9.17, 15) is 23.3 Å². The van der Waals surface area contributed by atoms with Crippen molar-refractivity contribution in [2.45, 2.75) is 31.1 Å². The number of primary sulfonamides is 1. The van der Waals surface area contributed by atoms with E-state index < -0.39 is 26.3 Å². The predicted octanol–water partition coefficient (Wildman–Crippen LogP) is 5.77. The fraction of sp³-hybridized carbons (Fsp3) is 0.152. The van der Waals surface area contributed by atoms with Crippen LogP contribution >= 0.6 is 0 Å². The smallest absolute Gasteiger partial charge is 0.281 e. The summed E-state index contributed by atoms with van der Waals surface area (Å²) in [6, 6.07) is 23.9. The van der Waals surface area contributed by atoms with Crippen LogP contribution in [0.15, 0.2) is 118 Å². The number of nitro groups is 1. The third kappa shape index (κ3) is 4.76. The van der Waals surface area contributed by atoms with Crippen LogP contribution in [0.3, 0.4) is 0 Å². The minimum absolute atomic E-state index is 0.0851. The standard InChI is InChI=1S/C33H29N5O5S/c1-4-36-28-19-11-21-7-5-6-8-26(21)30(28)33(2,3)29(36)20-18-27-31(22-9-12-24(13-10-22)38(40)41)35-37(32(27)39)23-14-16-25(17-15-23)44(34,42)43/h5-20H,4H2,1-3H3,(H2,34,42,43)/b27-18-,29-20+. The Bertz CT molecular complexity index is 2050. The van der Waals surface area contributed by atoms with Gasteiger partial charge in [0, 0.05) is 41.0 Å². The number of non-ortho nitro benzene ring substituents is 1. The summed E-state index contributed by atoms with van der Waals surface area (Å²) in [5.74, 6) is -0.430. The second kappa shape index (κ2) is 10.5. The van der Waals surface area contributed by atoms with E-state index in [1.54, 1.807) is 18.2 Å². The highest BCUT2D eigenvalue weighted by atomic mass is 32.2. The number of sulfonamides is 1. The molecule has 6 rings (SSSR count). The Kier molecular flexibility index (Phi) is 6.94. The Morgan fingerprint density at radius 3 is 2.27 bits per heavy atom. The average molecular weight is 608 g/mol. The maximum atomic E-state index is 13.9. The third-order valence-corrected chi connectivity index (χ3v) is 9.05. The first-order valence-corrected chi connectivity index (χ1v) is 15.5. The van der Waals surface area contributed by atoms with Gasteiger partial charge in [0.15, 0.2) is 0 Å². The number of carbonyl (C=O) groups is 1. The highest BCUT2D eigenvalue weighted by Crippen LogP contribution is 2.50. The Balaban J connectivity index is 1.47. The predicted molar refractivity (Wildman–Crippen MR) is 171 cm³/mol. The number of nitrogens with zero attached hydrogens (tertiary/aromatic N) is 4. The average Bonchev–Trinajstić information content (AvgIpc) is 3.45. The summed E-state index contributed by atoms with van der Waals surface area (Å²) < 4.78 is 23.5. The largest absolute Gasteiger partial charge is 0.344 e. The van der Waals surface area contributed by atoms with Gasteiger partial charge in [-0.3, -0.25) is 14.9 Å². The fourth-order valence-electron chi connectivity index (χ4n) is 6.01. The number of fused-ring (bicyclic) bond motifs is 3. The van der Waals surface area contributed by atoms with E-state index in [4.69, 9.17) is 5.14 Å². The van der Waals surface area contributed by atoms with Crippen LogP contribution in [0.1, 0.15) is 31.9 Å². The zero-order valence-corrected chi connectivity index (χ0v) is 25.1. The second-order valence-corrected chi connectivity index (χ2v) is 12.7. The summed E-state index contributed by atoms with van der Waals surface area (Å²) in [7, 11) is -3.92. The van der Waals surface area contributed by atoms with Gasteiger partial charge in [0.25, 0.3) is 11.6 Å². The molecule has 10 nitrogen and oxygen atoms in total. The number of carbonyl (C=O) groups excluding carboxylic acids is 1. The lowest BCUT2D eigenvalue weighted by Crippen LogP contribution is -2.26. The number of nitrogens with two attached hydrogens (primary N) is 1. The Morgan fingerprint density at radius 2 is 1.64 bits per heavy atom. The zero-order valence-electron chi connectivity index (χ0n) is 24.3. The lowest BCUT2D eigenvalue weighted by Gasteiger charge is -2.26. The summed E-state index contributed by atoms with van der Waals surface area (Å²) in [5, 5.41) is 24.6. The molecule has 4 aromatic rings. The molecule has 44 heavy (non-hydrogen) atoms. The molecule has 0 atom stereocenters. The highest BCUT2D eigenvalue weighted by molar-refractivity contribution is 7.89. The summed E-state index contributed by atoms with van der Waals surface area (Å²) in [6.45, 7) is 7.13. The van der Waals surface area contributed by atoms with Crippen molar-refractivity contribution in [3.63, 3.8) is 0 Å². The number of anilines is 2. The van der Waals surface area contributed by atoms with Gasteiger partial charge >= 0.3 is 0 Å². The molecule has 0 bridgehead atoms. The molecule has 2 heterocycles. The molecular formula is C33H29N5O5S. The second-order valence-electron chi connectivity index (χ2n) is 11.1. The molecule has 2 aliphatic heterocycles. The van der Waals surface area contributed by atoms with Gasteiger partial charge in [-0.2, -0.15) is 10.1 Å². The van der Waals surface area contributed by atoms with E-state index in [0.29, 0.717) is 23.5 Å². The first-order chi connectivity index (χ1) is 20.9. The number of hydrogen-bond donors (Lipinski definition) is 1. The van der Waals surface area contributed by atoms with Crippen molar-refractivity contribution < 1.29 is 18.1 Å². The fourth-order valence-corrected chi connectivity index (χ4v) is 6.52. The van der Waals surface area contributed by atoms with Gasteiger partial charge in [-0.15, -0.1) is 0 Å². The maximum Gasteiger partial charge on any atom is 0.281 e. The van der Waals surface area contributed by atoms with Gasteiger partial charge in [0.1, 0.15) is 5.71 Å². The Morgan fingerprint density at radius 1 is 0.955 bits per heavy atom. The molecule has 0 aromatic heterocycles. The molecule has 0 fully saturated rings. The van der Waals surface area contributed by atoms with E-state index in [1.807, 2.05) is 18.2 Å². The van der Waals surface area contributed by atoms with Crippen molar-refractivity contribution >= 4 is 49.5 Å². The molecule has 0 radical (unpaired) electrons. The number of allylic oxidation sites excluding steroid dienone is 3. The number of benzene rings is 4. The van der Waals surface area contributed by atoms with Crippen molar-refractivity contribution in [2.24, 2.45) is 10.2 Å². The molecule has 4 aromatic carbocycles. The first-order valence-electron chi connectivity index (χ1n) is 13.9. The van der Waals surface area contributed by atoms with Crippen LogP contribution < -0.4 is 15.0 Å². The van der Waals surface area contributed by atoms with Crippen molar-refractivity contribution in [2.75, 3.05) is 16.5 Å². The maximum absolute atomic E-state index is 13.9. The summed E-state index contributed by atoms with van der Waals surface area (Å²) in [6.07, 6.45) is 3.69. The lowest BCUT2D eigenvalue weighted by molar-refractivity contribution is -0.384. The molecule has 222 valence electrons. The minimum atomic E-state index is -3.92. The highest BCUT2D eigenvalue weighted by Gasteiger charge is 2.41. The molecule has 0 saturated heterocycles. The Labute approximate surface area is 254 Å². The molecule has 0 saturated carbocycles. The van der Waals surface area contributed by atoms with Gasteiger partial charge in [-0.05, 0) is 77.9 Å². The van der Waals surface area contributed by atoms with Crippen LogP contribution in [0.4, 0.5) is 17.1 Å². The van der Waals surface area contributed by atoms with E-state index in [-0.39, 0.29) is 16.2 Å². The van der Waals surface area contributed by atoms with Crippen molar-refractivity contribution in [1.29, 1.82) is 0 Å². The van der Waals surface area contributed by atoms with E-state index in [2.05, 4.69) is 55.0 Å². The van der Waals surface area contributed by atoms with Gasteiger partial charge in [-0.25, -0.2) is 13.6 Å². The summed E-state index contributed by atoms with van der Waals surface area (Å²) >= 11 is 0. The number of nitro benzene ring substituents is 1. The third-order valence-electron chi connectivity index (χ3n) is 8.12. The van der Waals surface area contributed by atoms with E-state index in [1.165, 1.54) is 52.4 Å². The lowest BCUT2D eigenvalue weighted by atomic mass is 9.81. The van der Waals surface area contributed by atoms with Crippen molar-refractivity contribution in [1.82, 2.24) is 0 Å². The summed E-state index contributed by atoms with van der Waals surface area (Å²) in [4.78, 5) is 26.8. The first kappa shape index (κ1) is 29.0. The van der Waals surface area contributed by atoms with Gasteiger partial charge in [0.2, 0.25) is 10.0 Å². The summed E-state index contributed by atoms with van der Waals surface area (Å²) in [5.41, 5.74) is 4.33.